The summed E-state index contributed by atoms with van der Waals surface area (Å²) in [7, 11) is 0. The van der Waals surface area contributed by atoms with E-state index in [4.69, 9.17) is 0 Å². The van der Waals surface area contributed by atoms with E-state index in [0.29, 0.717) is 18.1 Å². The van der Waals surface area contributed by atoms with Crippen LogP contribution in [0, 0.1) is 6.92 Å². The van der Waals surface area contributed by atoms with Gasteiger partial charge in [-0.15, -0.1) is 11.3 Å². The molecule has 0 unspecified atom stereocenters. The Kier molecular flexibility index (Phi) is 4.78. The first-order valence-electron chi connectivity index (χ1n) is 8.12. The van der Waals surface area contributed by atoms with Gasteiger partial charge in [-0.05, 0) is 26.0 Å². The predicted molar refractivity (Wildman–Crippen MR) is 97.7 cm³/mol. The summed E-state index contributed by atoms with van der Waals surface area (Å²) < 4.78 is 1.63. The van der Waals surface area contributed by atoms with Crippen molar-refractivity contribution in [3.05, 3.63) is 62.1 Å². The number of nitrogens with zero attached hydrogens (tertiary/aromatic N) is 3. The largest absolute Gasteiger partial charge is 0.303 e. The monoisotopic (exact) mass is 342 g/mol. The lowest BCUT2D eigenvalue weighted by molar-refractivity contribution is 0.555. The summed E-state index contributed by atoms with van der Waals surface area (Å²) in [4.78, 5) is 21.5. The molecule has 1 atom stereocenters. The minimum absolute atomic E-state index is 0.0432. The van der Waals surface area contributed by atoms with Crippen LogP contribution >= 0.6 is 11.3 Å². The van der Waals surface area contributed by atoms with Crippen molar-refractivity contribution in [3.63, 3.8) is 0 Å². The Bertz CT molecular complexity index is 913. The third kappa shape index (κ3) is 3.39. The Balaban J connectivity index is 1.76. The van der Waals surface area contributed by atoms with Crippen molar-refractivity contribution in [2.24, 2.45) is 0 Å². The number of aromatic nitrogens is 3. The Morgan fingerprint density at radius 1 is 1.25 bits per heavy atom. The Hall–Kier alpha value is -2.05. The van der Waals surface area contributed by atoms with Gasteiger partial charge in [0.25, 0.3) is 5.56 Å². The highest BCUT2D eigenvalue weighted by atomic mass is 32.1. The summed E-state index contributed by atoms with van der Waals surface area (Å²) in [6.07, 6.45) is 0. The molecule has 3 rings (SSSR count). The lowest BCUT2D eigenvalue weighted by Gasteiger charge is -2.12. The topological polar surface area (TPSA) is 59.3 Å². The van der Waals surface area contributed by atoms with E-state index in [9.17, 15) is 4.79 Å². The molecule has 6 heteroatoms. The number of aryl methyl sites for hydroxylation is 1. The van der Waals surface area contributed by atoms with Gasteiger partial charge in [0.1, 0.15) is 5.65 Å². The third-order valence-corrected chi connectivity index (χ3v) is 5.16. The Morgan fingerprint density at radius 3 is 2.75 bits per heavy atom. The summed E-state index contributed by atoms with van der Waals surface area (Å²) in [6.45, 7) is 8.82. The molecule has 24 heavy (non-hydrogen) atoms. The van der Waals surface area contributed by atoms with Gasteiger partial charge in [-0.3, -0.25) is 9.20 Å². The minimum Gasteiger partial charge on any atom is -0.303 e. The van der Waals surface area contributed by atoms with Crippen molar-refractivity contribution >= 4 is 17.0 Å². The number of hydrogen-bond donors (Lipinski definition) is 1. The van der Waals surface area contributed by atoms with Crippen LogP contribution in [0.1, 0.15) is 54.8 Å². The number of pyridine rings is 1. The third-order valence-electron chi connectivity index (χ3n) is 4.00. The van der Waals surface area contributed by atoms with Crippen LogP contribution < -0.4 is 10.9 Å². The van der Waals surface area contributed by atoms with Crippen molar-refractivity contribution in [3.8, 4) is 0 Å². The summed E-state index contributed by atoms with van der Waals surface area (Å²) in [6, 6.07) is 7.40. The van der Waals surface area contributed by atoms with Gasteiger partial charge in [0.2, 0.25) is 0 Å². The molecule has 0 bridgehead atoms. The second kappa shape index (κ2) is 6.83. The molecule has 3 aromatic rings. The van der Waals surface area contributed by atoms with Crippen molar-refractivity contribution in [2.45, 2.75) is 46.2 Å². The predicted octanol–water partition coefficient (Wildman–Crippen LogP) is 3.43. The fourth-order valence-electron chi connectivity index (χ4n) is 2.58. The molecule has 0 aromatic carbocycles. The molecule has 0 aliphatic carbocycles. The van der Waals surface area contributed by atoms with Crippen LogP contribution in [0.2, 0.25) is 0 Å². The van der Waals surface area contributed by atoms with Crippen molar-refractivity contribution < 1.29 is 0 Å². The second-order valence-electron chi connectivity index (χ2n) is 6.31. The average Bonchev–Trinajstić information content (AvgIpc) is 3.02. The fourth-order valence-corrected chi connectivity index (χ4v) is 3.51. The fraction of sp³-hybridized carbons (Fsp3) is 0.389. The van der Waals surface area contributed by atoms with Gasteiger partial charge in [0, 0.05) is 35.6 Å². The maximum Gasteiger partial charge on any atom is 0.258 e. The van der Waals surface area contributed by atoms with E-state index in [1.54, 1.807) is 21.8 Å². The zero-order chi connectivity index (χ0) is 17.3. The first-order chi connectivity index (χ1) is 11.5. The van der Waals surface area contributed by atoms with E-state index in [-0.39, 0.29) is 11.6 Å². The molecule has 3 heterocycles. The quantitative estimate of drug-likeness (QED) is 0.772. The highest BCUT2D eigenvalue weighted by Gasteiger charge is 2.12. The van der Waals surface area contributed by atoms with Crippen LogP contribution in [-0.4, -0.2) is 14.4 Å². The molecule has 1 N–H and O–H groups in total. The molecule has 0 aliphatic heterocycles. The molecule has 0 spiro atoms. The SMILES string of the molecule is Cc1cccc2nc(CN[C@@H](C)c3csc(C(C)C)n3)cc(=O)n12. The van der Waals surface area contributed by atoms with E-state index < -0.39 is 0 Å². The van der Waals surface area contributed by atoms with Gasteiger partial charge in [-0.2, -0.15) is 0 Å². The molecular formula is C18H22N4OS. The van der Waals surface area contributed by atoms with Gasteiger partial charge in [-0.25, -0.2) is 9.97 Å². The van der Waals surface area contributed by atoms with Gasteiger partial charge in [0.15, 0.2) is 0 Å². The standard InChI is InChI=1S/C18H22N4OS/c1-11(2)18-21-15(10-24-18)13(4)19-9-14-8-17(23)22-12(3)6-5-7-16(22)20-14/h5-8,10-11,13,19H,9H2,1-4H3/t13-/m0/s1. The van der Waals surface area contributed by atoms with Crippen LogP contribution in [0.25, 0.3) is 5.65 Å². The Labute approximate surface area is 145 Å². The number of thiazole rings is 1. The molecule has 0 fully saturated rings. The number of hydrogen-bond acceptors (Lipinski definition) is 5. The summed E-state index contributed by atoms with van der Waals surface area (Å²) in [5, 5.41) is 6.65. The van der Waals surface area contributed by atoms with E-state index in [0.717, 1.165) is 22.1 Å². The average molecular weight is 342 g/mol. The smallest absolute Gasteiger partial charge is 0.258 e. The number of nitrogens with one attached hydrogen (secondary N) is 1. The summed E-state index contributed by atoms with van der Waals surface area (Å²) in [5.41, 5.74) is 3.32. The van der Waals surface area contributed by atoms with Crippen LogP contribution in [0.5, 0.6) is 0 Å². The summed E-state index contributed by atoms with van der Waals surface area (Å²) in [5.74, 6) is 0.446. The van der Waals surface area contributed by atoms with E-state index in [1.165, 1.54) is 0 Å². The van der Waals surface area contributed by atoms with Crippen molar-refractivity contribution in [2.75, 3.05) is 0 Å². The molecule has 0 saturated carbocycles. The molecule has 0 aliphatic rings. The first kappa shape index (κ1) is 16.8. The minimum atomic E-state index is -0.0432. The molecule has 0 amide bonds. The zero-order valence-corrected chi connectivity index (χ0v) is 15.2. The summed E-state index contributed by atoms with van der Waals surface area (Å²) >= 11 is 1.69. The number of rotatable bonds is 5. The molecule has 3 aromatic heterocycles. The molecular weight excluding hydrogens is 320 g/mol. The zero-order valence-electron chi connectivity index (χ0n) is 14.4. The second-order valence-corrected chi connectivity index (χ2v) is 7.20. The number of fused-ring (bicyclic) bond motifs is 1. The highest BCUT2D eigenvalue weighted by molar-refractivity contribution is 7.09. The van der Waals surface area contributed by atoms with E-state index in [1.807, 2.05) is 25.1 Å². The van der Waals surface area contributed by atoms with Gasteiger partial charge >= 0.3 is 0 Å². The van der Waals surface area contributed by atoms with Crippen LogP contribution in [0.3, 0.4) is 0 Å². The van der Waals surface area contributed by atoms with Crippen LogP contribution in [0.4, 0.5) is 0 Å². The van der Waals surface area contributed by atoms with Crippen molar-refractivity contribution in [1.29, 1.82) is 0 Å². The first-order valence-corrected chi connectivity index (χ1v) is 9.00. The maximum absolute atomic E-state index is 12.3. The molecule has 0 saturated heterocycles. The van der Waals surface area contributed by atoms with Gasteiger partial charge in [0.05, 0.1) is 16.4 Å². The van der Waals surface area contributed by atoms with Crippen LogP contribution in [-0.2, 0) is 6.54 Å². The maximum atomic E-state index is 12.3. The van der Waals surface area contributed by atoms with E-state index >= 15 is 0 Å². The van der Waals surface area contributed by atoms with Crippen LogP contribution in [0.15, 0.2) is 34.4 Å². The van der Waals surface area contributed by atoms with Crippen molar-refractivity contribution in [1.82, 2.24) is 19.7 Å². The Morgan fingerprint density at radius 2 is 2.04 bits per heavy atom. The highest BCUT2D eigenvalue weighted by Crippen LogP contribution is 2.22. The lowest BCUT2D eigenvalue weighted by atomic mass is 10.2. The normalized spacial score (nSPS) is 12.9. The van der Waals surface area contributed by atoms with E-state index in [2.05, 4.69) is 41.4 Å². The lowest BCUT2D eigenvalue weighted by Crippen LogP contribution is -2.23. The molecule has 5 nitrogen and oxygen atoms in total. The molecule has 126 valence electrons. The molecule has 0 radical (unpaired) electrons. The van der Waals surface area contributed by atoms with Gasteiger partial charge in [-0.1, -0.05) is 19.9 Å². The van der Waals surface area contributed by atoms with Gasteiger partial charge < -0.3 is 5.32 Å².